The van der Waals surface area contributed by atoms with Gasteiger partial charge in [-0.2, -0.15) is 5.10 Å². The maximum Gasteiger partial charge on any atom is 0.234 e. The molecular formula is C11H9IN2O. The number of aromatic nitrogens is 2. The van der Waals surface area contributed by atoms with Gasteiger partial charge in [0.15, 0.2) is 0 Å². The molecule has 1 heterocycles. The lowest BCUT2D eigenvalue weighted by molar-refractivity contribution is 0.290. The Hall–Kier alpha value is -1.17. The van der Waals surface area contributed by atoms with Crippen molar-refractivity contribution in [3.8, 4) is 5.88 Å². The van der Waals surface area contributed by atoms with Crippen molar-refractivity contribution in [2.75, 3.05) is 0 Å². The molecule has 0 aliphatic heterocycles. The molecule has 0 unspecified atom stereocenters. The third kappa shape index (κ3) is 3.16. The van der Waals surface area contributed by atoms with Crippen LogP contribution in [0.25, 0.3) is 0 Å². The molecule has 0 saturated carbocycles. The number of rotatable bonds is 3. The minimum absolute atomic E-state index is 0.523. The minimum atomic E-state index is 0.523. The number of nitrogens with zero attached hydrogens (tertiary/aromatic N) is 2. The minimum Gasteiger partial charge on any atom is -0.472 e. The van der Waals surface area contributed by atoms with Crippen LogP contribution >= 0.6 is 22.6 Å². The summed E-state index contributed by atoms with van der Waals surface area (Å²) in [5.74, 6) is 0.561. The lowest BCUT2D eigenvalue weighted by Crippen LogP contribution is -1.98. The molecule has 1 aromatic carbocycles. The van der Waals surface area contributed by atoms with Crippen LogP contribution in [0, 0.1) is 3.57 Å². The first-order valence-electron chi connectivity index (χ1n) is 4.49. The smallest absolute Gasteiger partial charge is 0.234 e. The van der Waals surface area contributed by atoms with Gasteiger partial charge in [-0.1, -0.05) is 30.3 Å². The topological polar surface area (TPSA) is 35.0 Å². The van der Waals surface area contributed by atoms with Crippen molar-refractivity contribution < 1.29 is 4.74 Å². The number of benzene rings is 1. The molecule has 15 heavy (non-hydrogen) atoms. The molecule has 1 aromatic heterocycles. The van der Waals surface area contributed by atoms with Gasteiger partial charge in [0, 0.05) is 9.64 Å². The molecule has 0 aliphatic carbocycles. The Labute approximate surface area is 102 Å². The van der Waals surface area contributed by atoms with Crippen LogP contribution < -0.4 is 4.74 Å². The van der Waals surface area contributed by atoms with Gasteiger partial charge < -0.3 is 4.74 Å². The predicted molar refractivity (Wildman–Crippen MR) is 65.5 cm³/mol. The van der Waals surface area contributed by atoms with Crippen LogP contribution in [0.5, 0.6) is 5.88 Å². The van der Waals surface area contributed by atoms with Crippen molar-refractivity contribution in [2.24, 2.45) is 0 Å². The summed E-state index contributed by atoms with van der Waals surface area (Å²) in [6, 6.07) is 11.8. The maximum absolute atomic E-state index is 5.49. The predicted octanol–water partition coefficient (Wildman–Crippen LogP) is 2.66. The van der Waals surface area contributed by atoms with Gasteiger partial charge in [0.2, 0.25) is 5.88 Å². The Balaban J connectivity index is 1.99. The molecule has 0 N–H and O–H groups in total. The Kier molecular flexibility index (Phi) is 3.49. The Morgan fingerprint density at radius 1 is 1.20 bits per heavy atom. The van der Waals surface area contributed by atoms with Crippen LogP contribution in [-0.4, -0.2) is 10.2 Å². The van der Waals surface area contributed by atoms with E-state index in [0.29, 0.717) is 12.5 Å². The van der Waals surface area contributed by atoms with Gasteiger partial charge in [0.25, 0.3) is 0 Å². The summed E-state index contributed by atoms with van der Waals surface area (Å²) in [6.45, 7) is 0.523. The number of halogens is 1. The highest BCUT2D eigenvalue weighted by atomic mass is 127. The van der Waals surface area contributed by atoms with E-state index in [1.807, 2.05) is 36.4 Å². The lowest BCUT2D eigenvalue weighted by atomic mass is 10.2. The normalized spacial score (nSPS) is 9.93. The highest BCUT2D eigenvalue weighted by Crippen LogP contribution is 2.11. The molecule has 0 saturated heterocycles. The third-order valence-corrected chi connectivity index (χ3v) is 2.42. The second kappa shape index (κ2) is 5.06. The van der Waals surface area contributed by atoms with Gasteiger partial charge in [-0.05, 0) is 28.2 Å². The molecule has 2 rings (SSSR count). The van der Waals surface area contributed by atoms with Crippen LogP contribution in [0.15, 0.2) is 42.6 Å². The fraction of sp³-hybridized carbons (Fsp3) is 0.0909. The largest absolute Gasteiger partial charge is 0.472 e. The fourth-order valence-electron chi connectivity index (χ4n) is 1.13. The number of ether oxygens (including phenoxy) is 1. The van der Waals surface area contributed by atoms with Crippen molar-refractivity contribution in [2.45, 2.75) is 6.61 Å². The third-order valence-electron chi connectivity index (χ3n) is 1.83. The van der Waals surface area contributed by atoms with E-state index in [9.17, 15) is 0 Å². The van der Waals surface area contributed by atoms with E-state index in [1.54, 1.807) is 6.20 Å². The Morgan fingerprint density at radius 3 is 2.73 bits per heavy atom. The first kappa shape index (κ1) is 10.4. The molecule has 2 aromatic rings. The molecule has 4 heteroatoms. The van der Waals surface area contributed by atoms with Gasteiger partial charge in [-0.3, -0.25) is 0 Å². The molecule has 0 fully saturated rings. The van der Waals surface area contributed by atoms with E-state index in [1.165, 1.54) is 0 Å². The fourth-order valence-corrected chi connectivity index (χ4v) is 1.52. The summed E-state index contributed by atoms with van der Waals surface area (Å²) >= 11 is 2.18. The van der Waals surface area contributed by atoms with Gasteiger partial charge >= 0.3 is 0 Å². The average molecular weight is 312 g/mol. The molecule has 0 bridgehead atoms. The quantitative estimate of drug-likeness (QED) is 0.817. The molecule has 0 spiro atoms. The Bertz CT molecular complexity index is 434. The molecule has 3 nitrogen and oxygen atoms in total. The van der Waals surface area contributed by atoms with Crippen molar-refractivity contribution in [1.29, 1.82) is 0 Å². The summed E-state index contributed by atoms with van der Waals surface area (Å²) in [4.78, 5) is 0. The van der Waals surface area contributed by atoms with E-state index in [2.05, 4.69) is 32.8 Å². The zero-order valence-corrected chi connectivity index (χ0v) is 10.1. The molecule has 0 radical (unpaired) electrons. The van der Waals surface area contributed by atoms with Crippen LogP contribution in [0.4, 0.5) is 0 Å². The van der Waals surface area contributed by atoms with Gasteiger partial charge in [-0.15, -0.1) is 5.10 Å². The van der Waals surface area contributed by atoms with E-state index >= 15 is 0 Å². The SMILES string of the molecule is Ic1cnnc(OCc2ccccc2)c1. The van der Waals surface area contributed by atoms with Gasteiger partial charge in [0.05, 0.1) is 6.20 Å². The van der Waals surface area contributed by atoms with Crippen molar-refractivity contribution >= 4 is 22.6 Å². The highest BCUT2D eigenvalue weighted by molar-refractivity contribution is 14.1. The van der Waals surface area contributed by atoms with E-state index in [-0.39, 0.29) is 0 Å². The van der Waals surface area contributed by atoms with Crippen molar-refractivity contribution in [3.05, 3.63) is 51.7 Å². The second-order valence-corrected chi connectivity index (χ2v) is 4.23. The Morgan fingerprint density at radius 2 is 2.00 bits per heavy atom. The molecular weight excluding hydrogens is 303 g/mol. The summed E-state index contributed by atoms with van der Waals surface area (Å²) < 4.78 is 6.51. The standard InChI is InChI=1S/C11H9IN2O/c12-10-6-11(14-13-7-10)15-8-9-4-2-1-3-5-9/h1-7H,8H2. The monoisotopic (exact) mass is 312 g/mol. The van der Waals surface area contributed by atoms with E-state index < -0.39 is 0 Å². The zero-order chi connectivity index (χ0) is 10.5. The first-order valence-corrected chi connectivity index (χ1v) is 5.57. The molecule has 76 valence electrons. The van der Waals surface area contributed by atoms with Crippen LogP contribution in [0.2, 0.25) is 0 Å². The van der Waals surface area contributed by atoms with Gasteiger partial charge in [0.1, 0.15) is 6.61 Å². The number of hydrogen-bond donors (Lipinski definition) is 0. The molecule has 0 amide bonds. The number of hydrogen-bond acceptors (Lipinski definition) is 3. The summed E-state index contributed by atoms with van der Waals surface area (Å²) in [5.41, 5.74) is 1.12. The maximum atomic E-state index is 5.49. The van der Waals surface area contributed by atoms with Crippen molar-refractivity contribution in [1.82, 2.24) is 10.2 Å². The highest BCUT2D eigenvalue weighted by Gasteiger charge is 1.97. The molecule has 0 atom stereocenters. The molecule has 0 aliphatic rings. The average Bonchev–Trinajstić information content (AvgIpc) is 2.28. The van der Waals surface area contributed by atoms with E-state index in [4.69, 9.17) is 4.74 Å². The first-order chi connectivity index (χ1) is 7.34. The van der Waals surface area contributed by atoms with Crippen LogP contribution in [-0.2, 0) is 6.61 Å². The summed E-state index contributed by atoms with van der Waals surface area (Å²) in [7, 11) is 0. The van der Waals surface area contributed by atoms with Gasteiger partial charge in [-0.25, -0.2) is 0 Å². The zero-order valence-electron chi connectivity index (χ0n) is 7.93. The summed E-state index contributed by atoms with van der Waals surface area (Å²) in [6.07, 6.45) is 1.69. The van der Waals surface area contributed by atoms with Crippen LogP contribution in [0.3, 0.4) is 0 Å². The van der Waals surface area contributed by atoms with Crippen LogP contribution in [0.1, 0.15) is 5.56 Å². The van der Waals surface area contributed by atoms with Crippen molar-refractivity contribution in [3.63, 3.8) is 0 Å². The second-order valence-electron chi connectivity index (χ2n) is 2.99. The van der Waals surface area contributed by atoms with E-state index in [0.717, 1.165) is 9.13 Å². The lowest BCUT2D eigenvalue weighted by Gasteiger charge is -2.04. The summed E-state index contributed by atoms with van der Waals surface area (Å²) in [5, 5.41) is 7.69.